The van der Waals surface area contributed by atoms with Gasteiger partial charge in [0.15, 0.2) is 6.29 Å². The number of amides is 1. The van der Waals surface area contributed by atoms with Crippen LogP contribution in [0.2, 0.25) is 0 Å². The normalized spacial score (nSPS) is 19.9. The highest BCUT2D eigenvalue weighted by molar-refractivity contribution is 7.89. The molecular weight excluding hydrogens is 687 g/mol. The SMILES string of the molecule is C=CCN(C[C@H]1C[C@@H](c2ccc(CO)cc2)O[C@@H](c2ccc(CNC(=O)[C@@H](Cc3ccccc3)NS(=O)(=O)c3ccc(C)cc3)cc2)O1)C1CCCC1. The van der Waals surface area contributed by atoms with Crippen molar-refractivity contribution in [2.24, 2.45) is 0 Å². The highest BCUT2D eigenvalue weighted by Crippen LogP contribution is 2.39. The van der Waals surface area contributed by atoms with Gasteiger partial charge in [0, 0.05) is 37.7 Å². The van der Waals surface area contributed by atoms with E-state index in [9.17, 15) is 18.3 Å². The molecule has 4 aromatic rings. The Morgan fingerprint density at radius 3 is 2.21 bits per heavy atom. The number of benzene rings is 4. The van der Waals surface area contributed by atoms with Gasteiger partial charge in [0.2, 0.25) is 15.9 Å². The molecule has 9 nitrogen and oxygen atoms in total. The lowest BCUT2D eigenvalue weighted by Gasteiger charge is -2.39. The van der Waals surface area contributed by atoms with E-state index in [0.717, 1.165) is 46.5 Å². The number of carbonyl (C=O) groups is 1. The first-order valence-electron chi connectivity index (χ1n) is 18.6. The average Bonchev–Trinajstić information content (AvgIpc) is 3.73. The summed E-state index contributed by atoms with van der Waals surface area (Å²) >= 11 is 0. The molecule has 6 rings (SSSR count). The number of rotatable bonds is 16. The first-order valence-corrected chi connectivity index (χ1v) is 20.0. The Hall–Kier alpha value is -4.16. The number of aliphatic hydroxyl groups is 1. The molecule has 1 aliphatic heterocycles. The third-order valence-corrected chi connectivity index (χ3v) is 11.7. The summed E-state index contributed by atoms with van der Waals surface area (Å²) in [7, 11) is -3.95. The highest BCUT2D eigenvalue weighted by atomic mass is 32.2. The Bertz CT molecular complexity index is 1880. The van der Waals surface area contributed by atoms with Gasteiger partial charge in [-0.2, -0.15) is 4.72 Å². The molecule has 10 heteroatoms. The summed E-state index contributed by atoms with van der Waals surface area (Å²) in [5.74, 6) is -0.420. The molecule has 0 aromatic heterocycles. The summed E-state index contributed by atoms with van der Waals surface area (Å²) in [5, 5.41) is 12.5. The molecule has 53 heavy (non-hydrogen) atoms. The van der Waals surface area contributed by atoms with E-state index in [4.69, 9.17) is 9.47 Å². The van der Waals surface area contributed by atoms with Crippen LogP contribution >= 0.6 is 0 Å². The maximum atomic E-state index is 13.6. The molecular formula is C43H51N3O6S. The maximum Gasteiger partial charge on any atom is 0.241 e. The Labute approximate surface area is 314 Å². The van der Waals surface area contributed by atoms with Crippen molar-refractivity contribution in [2.75, 3.05) is 13.1 Å². The molecule has 4 aromatic carbocycles. The lowest BCUT2D eigenvalue weighted by molar-refractivity contribution is -0.253. The minimum atomic E-state index is -3.95. The predicted molar refractivity (Wildman–Crippen MR) is 206 cm³/mol. The molecule has 3 N–H and O–H groups in total. The third kappa shape index (κ3) is 10.5. The quantitative estimate of drug-likeness (QED) is 0.110. The number of aryl methyl sites for hydroxylation is 1. The van der Waals surface area contributed by atoms with E-state index >= 15 is 0 Å². The number of hydrogen-bond donors (Lipinski definition) is 3. The fourth-order valence-electron chi connectivity index (χ4n) is 7.22. The molecule has 1 saturated carbocycles. The lowest BCUT2D eigenvalue weighted by Crippen LogP contribution is -2.47. The zero-order chi connectivity index (χ0) is 37.2. The summed E-state index contributed by atoms with van der Waals surface area (Å²) in [6.07, 6.45) is 6.90. The monoisotopic (exact) mass is 737 g/mol. The molecule has 1 heterocycles. The summed E-state index contributed by atoms with van der Waals surface area (Å²) in [6.45, 7) is 7.70. The maximum absolute atomic E-state index is 13.6. The predicted octanol–water partition coefficient (Wildman–Crippen LogP) is 6.67. The van der Waals surface area contributed by atoms with Gasteiger partial charge in [0.05, 0.1) is 23.7 Å². The number of aliphatic hydroxyl groups excluding tert-OH is 1. The van der Waals surface area contributed by atoms with Gasteiger partial charge >= 0.3 is 0 Å². The van der Waals surface area contributed by atoms with Gasteiger partial charge in [-0.1, -0.05) is 115 Å². The number of nitrogens with zero attached hydrogens (tertiary/aromatic N) is 1. The van der Waals surface area contributed by atoms with E-state index in [-0.39, 0.29) is 36.7 Å². The standard InChI is InChI=1S/C43H51N3O6S/c1-3-25-46(37-11-7-8-12-37)29-38-27-41(35-19-17-34(30-47)18-20-35)52-43(51-38)36-21-15-33(16-22-36)28-44-42(48)40(26-32-9-5-4-6-10-32)45-53(49,50)39-23-13-31(2)14-24-39/h3-6,9-10,13-24,37-38,40-41,43,45,47H,1,7-8,11-12,25-30H2,2H3,(H,44,48)/t38-,40-,41+,43+/m1/s1. The third-order valence-electron chi connectivity index (χ3n) is 10.2. The molecule has 0 bridgehead atoms. The molecule has 2 fully saturated rings. The van der Waals surface area contributed by atoms with Crippen LogP contribution in [0.1, 0.15) is 77.9 Å². The second-order valence-electron chi connectivity index (χ2n) is 14.2. The van der Waals surface area contributed by atoms with Crippen molar-refractivity contribution in [3.8, 4) is 0 Å². The van der Waals surface area contributed by atoms with Gasteiger partial charge < -0.3 is 19.9 Å². The summed E-state index contributed by atoms with van der Waals surface area (Å²) in [5.41, 5.74) is 5.39. The zero-order valence-electron chi connectivity index (χ0n) is 30.4. The first-order chi connectivity index (χ1) is 25.7. The lowest BCUT2D eigenvalue weighted by atomic mass is 9.99. The van der Waals surface area contributed by atoms with Gasteiger partial charge in [0.25, 0.3) is 0 Å². The Kier molecular flexibility index (Phi) is 13.3. The summed E-state index contributed by atoms with van der Waals surface area (Å²) in [6, 6.07) is 31.1. The second kappa shape index (κ2) is 18.2. The molecule has 0 spiro atoms. The summed E-state index contributed by atoms with van der Waals surface area (Å²) < 4.78 is 42.5. The highest BCUT2D eigenvalue weighted by Gasteiger charge is 2.35. The topological polar surface area (TPSA) is 117 Å². The van der Waals surface area contributed by atoms with E-state index in [2.05, 4.69) is 21.5 Å². The van der Waals surface area contributed by atoms with Crippen LogP contribution in [-0.2, 0) is 43.9 Å². The molecule has 1 aliphatic carbocycles. The Morgan fingerprint density at radius 2 is 1.55 bits per heavy atom. The molecule has 280 valence electrons. The van der Waals surface area contributed by atoms with Crippen LogP contribution in [0.15, 0.2) is 121 Å². The van der Waals surface area contributed by atoms with E-state index in [1.54, 1.807) is 24.3 Å². The van der Waals surface area contributed by atoms with Gasteiger partial charge in [-0.05, 0) is 60.6 Å². The molecule has 0 radical (unpaired) electrons. The summed E-state index contributed by atoms with van der Waals surface area (Å²) in [4.78, 5) is 16.2. The molecule has 1 amide bonds. The smallest absolute Gasteiger partial charge is 0.241 e. The fourth-order valence-corrected chi connectivity index (χ4v) is 8.41. The molecule has 1 saturated heterocycles. The number of nitrogens with one attached hydrogen (secondary N) is 2. The van der Waals surface area contributed by atoms with Crippen LogP contribution in [0.25, 0.3) is 0 Å². The molecule has 2 aliphatic rings. The van der Waals surface area contributed by atoms with Crippen LogP contribution in [0.3, 0.4) is 0 Å². The van der Waals surface area contributed by atoms with Crippen molar-refractivity contribution in [1.82, 2.24) is 14.9 Å². The number of sulfonamides is 1. The van der Waals surface area contributed by atoms with Crippen molar-refractivity contribution in [1.29, 1.82) is 0 Å². The van der Waals surface area contributed by atoms with Crippen LogP contribution in [0, 0.1) is 6.92 Å². The molecule has 4 atom stereocenters. The van der Waals surface area contributed by atoms with Gasteiger partial charge in [-0.25, -0.2) is 8.42 Å². The largest absolute Gasteiger partial charge is 0.392 e. The van der Waals surface area contributed by atoms with E-state index in [0.29, 0.717) is 12.5 Å². The minimum absolute atomic E-state index is 0.0123. The Morgan fingerprint density at radius 1 is 0.887 bits per heavy atom. The van der Waals surface area contributed by atoms with E-state index in [1.165, 1.54) is 25.7 Å². The van der Waals surface area contributed by atoms with E-state index < -0.39 is 28.3 Å². The number of carbonyl (C=O) groups excluding carboxylic acids is 1. The van der Waals surface area contributed by atoms with Gasteiger partial charge in [-0.3, -0.25) is 9.69 Å². The second-order valence-corrected chi connectivity index (χ2v) is 15.9. The van der Waals surface area contributed by atoms with Crippen molar-refractivity contribution in [3.63, 3.8) is 0 Å². The van der Waals surface area contributed by atoms with Crippen LogP contribution in [0.4, 0.5) is 0 Å². The Balaban J connectivity index is 1.14. The van der Waals surface area contributed by atoms with Crippen LogP contribution in [-0.4, -0.2) is 55.6 Å². The fraction of sp³-hybridized carbons (Fsp3) is 0.372. The van der Waals surface area contributed by atoms with Crippen molar-refractivity contribution in [3.05, 3.63) is 149 Å². The number of hydrogen-bond acceptors (Lipinski definition) is 7. The minimum Gasteiger partial charge on any atom is -0.392 e. The van der Waals surface area contributed by atoms with Crippen LogP contribution < -0.4 is 10.0 Å². The average molecular weight is 738 g/mol. The zero-order valence-corrected chi connectivity index (χ0v) is 31.2. The van der Waals surface area contributed by atoms with Crippen LogP contribution in [0.5, 0.6) is 0 Å². The van der Waals surface area contributed by atoms with Gasteiger partial charge in [0.1, 0.15) is 6.04 Å². The van der Waals surface area contributed by atoms with Crippen molar-refractivity contribution >= 4 is 15.9 Å². The molecule has 0 unspecified atom stereocenters. The first kappa shape index (κ1) is 38.6. The van der Waals surface area contributed by atoms with Crippen molar-refractivity contribution in [2.45, 2.75) is 94.1 Å². The van der Waals surface area contributed by atoms with Crippen molar-refractivity contribution < 1.29 is 27.8 Å². The van der Waals surface area contributed by atoms with Gasteiger partial charge in [-0.15, -0.1) is 6.58 Å². The number of ether oxygens (including phenoxy) is 2. The van der Waals surface area contributed by atoms with E-state index in [1.807, 2.05) is 91.9 Å².